The quantitative estimate of drug-likeness (QED) is 0.474. The number of ketones is 2. The second-order valence-corrected chi connectivity index (χ2v) is 8.76. The van der Waals surface area contributed by atoms with Gasteiger partial charge in [-0.15, -0.1) is 0 Å². The number of ether oxygens (including phenoxy) is 1. The molecular formula is C22H18N2O5S. The van der Waals surface area contributed by atoms with Crippen LogP contribution in [0.5, 0.6) is 5.88 Å². The lowest BCUT2D eigenvalue weighted by Gasteiger charge is -2.31. The average molecular weight is 422 g/mol. The van der Waals surface area contributed by atoms with E-state index in [2.05, 4.69) is 4.98 Å². The molecule has 1 aliphatic heterocycles. The Morgan fingerprint density at radius 2 is 1.77 bits per heavy atom. The highest BCUT2D eigenvalue weighted by molar-refractivity contribution is 7.89. The Balaban J connectivity index is 1.78. The summed E-state index contributed by atoms with van der Waals surface area (Å²) in [7, 11) is -1.22. The summed E-state index contributed by atoms with van der Waals surface area (Å²) in [5, 5.41) is 0. The minimum Gasteiger partial charge on any atom is -0.481 e. The van der Waals surface area contributed by atoms with Crippen LogP contribution in [-0.2, 0) is 10.0 Å². The molecule has 0 radical (unpaired) electrons. The molecule has 152 valence electrons. The number of Topliss-reactive ketones (excluding diaryl/α,β-unsaturated/α-hetero) is 2. The summed E-state index contributed by atoms with van der Waals surface area (Å²) < 4.78 is 31.9. The van der Waals surface area contributed by atoms with Crippen LogP contribution in [0.2, 0.25) is 0 Å². The van der Waals surface area contributed by atoms with Gasteiger partial charge in [0, 0.05) is 29.9 Å². The molecule has 0 amide bonds. The van der Waals surface area contributed by atoms with E-state index in [1.54, 1.807) is 54.7 Å². The molecule has 1 atom stereocenters. The number of sulfonamides is 1. The number of rotatable bonds is 4. The Morgan fingerprint density at radius 1 is 1.03 bits per heavy atom. The van der Waals surface area contributed by atoms with Crippen LogP contribution in [-0.4, -0.2) is 49.5 Å². The van der Waals surface area contributed by atoms with Crippen molar-refractivity contribution >= 4 is 21.6 Å². The molecule has 1 aromatic heterocycles. The molecule has 30 heavy (non-hydrogen) atoms. The fourth-order valence-corrected chi connectivity index (χ4v) is 5.03. The minimum absolute atomic E-state index is 0.0269. The Kier molecular flexibility index (Phi) is 4.97. The van der Waals surface area contributed by atoms with Gasteiger partial charge in [-0.3, -0.25) is 9.59 Å². The molecule has 3 aromatic rings. The minimum atomic E-state index is -3.97. The summed E-state index contributed by atoms with van der Waals surface area (Å²) in [5.74, 6) is -0.743. The number of hydrogen-bond donors (Lipinski definition) is 0. The van der Waals surface area contributed by atoms with Crippen LogP contribution >= 0.6 is 0 Å². The third-order valence-electron chi connectivity index (χ3n) is 5.09. The van der Waals surface area contributed by atoms with E-state index in [0.717, 1.165) is 4.31 Å². The van der Waals surface area contributed by atoms with Crippen molar-refractivity contribution in [3.8, 4) is 17.0 Å². The molecule has 0 N–H and O–H groups in total. The van der Waals surface area contributed by atoms with Crippen LogP contribution in [0.25, 0.3) is 11.1 Å². The first kappa shape index (κ1) is 19.9. The largest absolute Gasteiger partial charge is 0.481 e. The Morgan fingerprint density at radius 3 is 2.53 bits per heavy atom. The van der Waals surface area contributed by atoms with Crippen LogP contribution in [0.15, 0.2) is 71.8 Å². The van der Waals surface area contributed by atoms with Crippen molar-refractivity contribution in [1.29, 1.82) is 0 Å². The standard InChI is InChI=1S/C22H18N2O5S/c1-24-19(21(26)17-9-3-4-11-18(17)30(24,27)28)20(25)15-8-5-7-14(13-15)16-10-6-12-23-22(16)29-2/h3-13,19H,1-2H3. The number of benzene rings is 2. The SMILES string of the molecule is COc1ncccc1-c1cccc(C(=O)C2C(=O)c3ccccc3S(=O)(=O)N2C)c1. The van der Waals surface area contributed by atoms with Crippen molar-refractivity contribution < 1.29 is 22.7 Å². The van der Waals surface area contributed by atoms with E-state index < -0.39 is 27.6 Å². The molecule has 0 fully saturated rings. The van der Waals surface area contributed by atoms with E-state index in [0.29, 0.717) is 17.0 Å². The number of hydrogen-bond acceptors (Lipinski definition) is 6. The normalized spacial score (nSPS) is 17.9. The first-order valence-corrected chi connectivity index (χ1v) is 10.5. The summed E-state index contributed by atoms with van der Waals surface area (Å²) in [6, 6.07) is 14.6. The van der Waals surface area contributed by atoms with E-state index in [9.17, 15) is 18.0 Å². The third kappa shape index (κ3) is 3.10. The lowest BCUT2D eigenvalue weighted by Crippen LogP contribution is -2.51. The monoisotopic (exact) mass is 422 g/mol. The molecule has 0 spiro atoms. The number of aromatic nitrogens is 1. The molecule has 2 aromatic carbocycles. The van der Waals surface area contributed by atoms with Gasteiger partial charge in [-0.1, -0.05) is 30.3 Å². The van der Waals surface area contributed by atoms with Gasteiger partial charge >= 0.3 is 0 Å². The Labute approximate surface area is 174 Å². The van der Waals surface area contributed by atoms with Crippen molar-refractivity contribution in [3.05, 3.63) is 78.0 Å². The predicted octanol–water partition coefficient (Wildman–Crippen LogP) is 2.83. The summed E-state index contributed by atoms with van der Waals surface area (Å²) in [5.41, 5.74) is 1.59. The molecule has 7 nitrogen and oxygen atoms in total. The number of carbonyl (C=O) groups is 2. The maximum atomic E-state index is 13.3. The lowest BCUT2D eigenvalue weighted by atomic mass is 9.94. The third-order valence-corrected chi connectivity index (χ3v) is 6.97. The first-order valence-electron chi connectivity index (χ1n) is 9.11. The van der Waals surface area contributed by atoms with Gasteiger partial charge in [0.1, 0.15) is 0 Å². The highest BCUT2D eigenvalue weighted by Crippen LogP contribution is 2.32. The fourth-order valence-electron chi connectivity index (χ4n) is 3.56. The van der Waals surface area contributed by atoms with Gasteiger partial charge in [0.2, 0.25) is 15.9 Å². The molecular weight excluding hydrogens is 404 g/mol. The molecule has 0 saturated carbocycles. The number of pyridine rings is 1. The van der Waals surface area contributed by atoms with Crippen molar-refractivity contribution in [2.45, 2.75) is 10.9 Å². The summed E-state index contributed by atoms with van der Waals surface area (Å²) in [4.78, 5) is 30.4. The highest BCUT2D eigenvalue weighted by atomic mass is 32.2. The summed E-state index contributed by atoms with van der Waals surface area (Å²) >= 11 is 0. The average Bonchev–Trinajstić information content (AvgIpc) is 2.78. The van der Waals surface area contributed by atoms with Gasteiger partial charge in [-0.2, -0.15) is 4.31 Å². The number of carbonyl (C=O) groups excluding carboxylic acids is 2. The van der Waals surface area contributed by atoms with Crippen LogP contribution in [0.3, 0.4) is 0 Å². The number of likely N-dealkylation sites (N-methyl/N-ethyl adjacent to an activating group) is 1. The van der Waals surface area contributed by atoms with Gasteiger partial charge in [-0.25, -0.2) is 13.4 Å². The molecule has 1 unspecified atom stereocenters. The Bertz CT molecular complexity index is 1270. The van der Waals surface area contributed by atoms with Crippen LogP contribution in [0.4, 0.5) is 0 Å². The fraction of sp³-hybridized carbons (Fsp3) is 0.136. The predicted molar refractivity (Wildman–Crippen MR) is 110 cm³/mol. The number of methoxy groups -OCH3 is 1. The van der Waals surface area contributed by atoms with Gasteiger partial charge in [0.05, 0.1) is 12.0 Å². The van der Waals surface area contributed by atoms with Crippen LogP contribution < -0.4 is 4.74 Å². The molecule has 4 rings (SSSR count). The molecule has 2 heterocycles. The van der Waals surface area contributed by atoms with Crippen molar-refractivity contribution in [3.63, 3.8) is 0 Å². The van der Waals surface area contributed by atoms with Crippen LogP contribution in [0, 0.1) is 0 Å². The summed E-state index contributed by atoms with van der Waals surface area (Å²) in [6.07, 6.45) is 1.59. The van der Waals surface area contributed by atoms with Gasteiger partial charge in [0.25, 0.3) is 0 Å². The van der Waals surface area contributed by atoms with Crippen molar-refractivity contribution in [2.24, 2.45) is 0 Å². The molecule has 1 aliphatic rings. The highest BCUT2D eigenvalue weighted by Gasteiger charge is 2.45. The van der Waals surface area contributed by atoms with E-state index in [1.165, 1.54) is 26.3 Å². The lowest BCUT2D eigenvalue weighted by molar-refractivity contribution is 0.0784. The van der Waals surface area contributed by atoms with Crippen molar-refractivity contribution in [2.75, 3.05) is 14.2 Å². The molecule has 8 heteroatoms. The molecule has 0 bridgehead atoms. The smallest absolute Gasteiger partial charge is 0.244 e. The van der Waals surface area contributed by atoms with E-state index in [4.69, 9.17) is 4.74 Å². The van der Waals surface area contributed by atoms with E-state index in [-0.39, 0.29) is 16.0 Å². The zero-order valence-corrected chi connectivity index (χ0v) is 17.1. The number of fused-ring (bicyclic) bond motifs is 1. The van der Waals surface area contributed by atoms with Gasteiger partial charge in [0.15, 0.2) is 17.6 Å². The van der Waals surface area contributed by atoms with Crippen molar-refractivity contribution in [1.82, 2.24) is 9.29 Å². The second-order valence-electron chi connectivity index (χ2n) is 6.79. The zero-order chi connectivity index (χ0) is 21.5. The second kappa shape index (κ2) is 7.47. The zero-order valence-electron chi connectivity index (χ0n) is 16.3. The van der Waals surface area contributed by atoms with Crippen LogP contribution in [0.1, 0.15) is 20.7 Å². The van der Waals surface area contributed by atoms with E-state index >= 15 is 0 Å². The number of nitrogens with zero attached hydrogens (tertiary/aromatic N) is 2. The maximum absolute atomic E-state index is 13.3. The first-order chi connectivity index (χ1) is 14.4. The molecule has 0 aliphatic carbocycles. The molecule has 0 saturated heterocycles. The summed E-state index contributed by atoms with van der Waals surface area (Å²) in [6.45, 7) is 0. The maximum Gasteiger partial charge on any atom is 0.244 e. The van der Waals surface area contributed by atoms with Gasteiger partial charge in [-0.05, 0) is 35.9 Å². The Hall–Kier alpha value is -3.36. The van der Waals surface area contributed by atoms with Gasteiger partial charge < -0.3 is 4.74 Å². The topological polar surface area (TPSA) is 93.6 Å². The van der Waals surface area contributed by atoms with E-state index in [1.807, 2.05) is 0 Å².